The van der Waals surface area contributed by atoms with E-state index in [-0.39, 0.29) is 30.2 Å². The van der Waals surface area contributed by atoms with Gasteiger partial charge in [0.05, 0.1) is 12.0 Å². The van der Waals surface area contributed by atoms with Crippen LogP contribution in [0.5, 0.6) is 5.75 Å². The lowest BCUT2D eigenvalue weighted by Gasteiger charge is -2.15. The summed E-state index contributed by atoms with van der Waals surface area (Å²) in [6.45, 7) is 4.31. The number of para-hydroxylation sites is 1. The number of nitro groups is 1. The predicted octanol–water partition coefficient (Wildman–Crippen LogP) is 1.66. The van der Waals surface area contributed by atoms with Crippen LogP contribution in [0, 0.1) is 24.0 Å². The number of carbonyl (C=O) groups excluding carboxylic acids is 2. The number of esters is 1. The highest BCUT2D eigenvalue weighted by Gasteiger charge is 2.24. The molecule has 0 saturated heterocycles. The van der Waals surface area contributed by atoms with E-state index in [0.717, 1.165) is 5.56 Å². The lowest BCUT2D eigenvalue weighted by atomic mass is 10.2. The third-order valence-electron chi connectivity index (χ3n) is 4.13. The third kappa shape index (κ3) is 4.84. The van der Waals surface area contributed by atoms with Crippen molar-refractivity contribution in [2.24, 2.45) is 0 Å². The van der Waals surface area contributed by atoms with Crippen LogP contribution in [0.2, 0.25) is 0 Å². The minimum atomic E-state index is -1.03. The maximum absolute atomic E-state index is 12.2. The number of benzene rings is 1. The molecule has 0 aliphatic heterocycles. The Morgan fingerprint density at radius 3 is 2.61 bits per heavy atom. The second-order valence-electron chi connectivity index (χ2n) is 6.10. The summed E-state index contributed by atoms with van der Waals surface area (Å²) in [7, 11) is 1.54. The van der Waals surface area contributed by atoms with Gasteiger partial charge >= 0.3 is 11.7 Å². The second kappa shape index (κ2) is 8.98. The van der Waals surface area contributed by atoms with E-state index in [4.69, 9.17) is 9.47 Å². The Morgan fingerprint density at radius 1 is 1.32 bits per heavy atom. The summed E-state index contributed by atoms with van der Waals surface area (Å²) in [4.78, 5) is 34.7. The first kappa shape index (κ1) is 20.9. The van der Waals surface area contributed by atoms with Crippen LogP contribution in [0.4, 0.5) is 5.69 Å². The maximum atomic E-state index is 12.2. The molecule has 1 aromatic carbocycles. The highest BCUT2D eigenvalue weighted by Crippen LogP contribution is 2.21. The molecule has 1 heterocycles. The van der Waals surface area contributed by atoms with Crippen molar-refractivity contribution in [1.82, 2.24) is 15.1 Å². The van der Waals surface area contributed by atoms with E-state index < -0.39 is 22.9 Å². The molecule has 0 spiro atoms. The molecular weight excluding hydrogens is 368 g/mol. The average Bonchev–Trinajstić information content (AvgIpc) is 2.92. The Balaban J connectivity index is 1.92. The highest BCUT2D eigenvalue weighted by molar-refractivity contribution is 5.83. The summed E-state index contributed by atoms with van der Waals surface area (Å²) < 4.78 is 11.5. The Labute approximate surface area is 161 Å². The molecule has 1 aromatic heterocycles. The molecule has 0 aliphatic carbocycles. The molecule has 0 aliphatic rings. The van der Waals surface area contributed by atoms with Crippen LogP contribution in [-0.4, -0.2) is 39.8 Å². The molecule has 2 rings (SSSR count). The molecule has 10 nitrogen and oxygen atoms in total. The largest absolute Gasteiger partial charge is 0.496 e. The molecule has 1 amide bonds. The van der Waals surface area contributed by atoms with Crippen LogP contribution in [0.25, 0.3) is 0 Å². The molecule has 28 heavy (non-hydrogen) atoms. The van der Waals surface area contributed by atoms with Crippen LogP contribution in [0.15, 0.2) is 24.3 Å². The second-order valence-corrected chi connectivity index (χ2v) is 6.10. The molecule has 0 fully saturated rings. The van der Waals surface area contributed by atoms with E-state index >= 15 is 0 Å². The summed E-state index contributed by atoms with van der Waals surface area (Å²) in [5.41, 5.74) is 1.09. The number of ether oxygens (including phenoxy) is 2. The van der Waals surface area contributed by atoms with E-state index in [0.29, 0.717) is 5.75 Å². The molecule has 1 N–H and O–H groups in total. The van der Waals surface area contributed by atoms with E-state index in [1.807, 2.05) is 18.2 Å². The number of hydrogen-bond acceptors (Lipinski definition) is 7. The first-order valence-electron chi connectivity index (χ1n) is 8.52. The van der Waals surface area contributed by atoms with Gasteiger partial charge in [0.25, 0.3) is 5.91 Å². The van der Waals surface area contributed by atoms with Gasteiger partial charge in [0.2, 0.25) is 0 Å². The van der Waals surface area contributed by atoms with Crippen molar-refractivity contribution >= 4 is 17.6 Å². The smallest absolute Gasteiger partial charge is 0.328 e. The van der Waals surface area contributed by atoms with Crippen molar-refractivity contribution in [3.63, 3.8) is 0 Å². The van der Waals surface area contributed by atoms with E-state index in [2.05, 4.69) is 10.4 Å². The SMILES string of the molecule is COc1ccccc1CNC(=O)[C@@H](C)OC(=O)Cn1nc(C)c([N+](=O)[O-])c1C. The topological polar surface area (TPSA) is 126 Å². The van der Waals surface area contributed by atoms with Gasteiger partial charge in [-0.1, -0.05) is 18.2 Å². The average molecular weight is 390 g/mol. The Kier molecular flexibility index (Phi) is 6.69. The van der Waals surface area contributed by atoms with Crippen molar-refractivity contribution in [3.8, 4) is 5.75 Å². The van der Waals surface area contributed by atoms with Gasteiger partial charge < -0.3 is 14.8 Å². The molecule has 10 heteroatoms. The fraction of sp³-hybridized carbons (Fsp3) is 0.389. The van der Waals surface area contributed by atoms with Gasteiger partial charge in [0.1, 0.15) is 23.7 Å². The number of carbonyl (C=O) groups is 2. The summed E-state index contributed by atoms with van der Waals surface area (Å²) in [6, 6.07) is 7.23. The number of amides is 1. The number of nitrogens with one attached hydrogen (secondary N) is 1. The van der Waals surface area contributed by atoms with Crippen molar-refractivity contribution in [2.45, 2.75) is 40.0 Å². The first-order valence-corrected chi connectivity index (χ1v) is 8.52. The standard InChI is InChI=1S/C18H22N4O6/c1-11-17(22(25)26)12(2)21(20-11)10-16(23)28-13(3)18(24)19-9-14-7-5-6-8-15(14)27-4/h5-8,13H,9-10H2,1-4H3,(H,19,24)/t13-/m1/s1. The predicted molar refractivity (Wildman–Crippen MR) is 98.8 cm³/mol. The van der Waals surface area contributed by atoms with Crippen LogP contribution < -0.4 is 10.1 Å². The normalized spacial score (nSPS) is 11.6. The van der Waals surface area contributed by atoms with Gasteiger partial charge in [0.15, 0.2) is 6.10 Å². The zero-order chi connectivity index (χ0) is 20.8. The molecule has 0 unspecified atom stereocenters. The van der Waals surface area contributed by atoms with Gasteiger partial charge in [-0.2, -0.15) is 5.10 Å². The Hall–Kier alpha value is -3.43. The summed E-state index contributed by atoms with van der Waals surface area (Å²) in [5.74, 6) is -0.558. The molecule has 2 aromatic rings. The van der Waals surface area contributed by atoms with Crippen LogP contribution in [0.1, 0.15) is 23.9 Å². The zero-order valence-electron chi connectivity index (χ0n) is 16.1. The quantitative estimate of drug-likeness (QED) is 0.413. The number of aromatic nitrogens is 2. The number of nitrogens with zero attached hydrogens (tertiary/aromatic N) is 3. The van der Waals surface area contributed by atoms with Crippen molar-refractivity contribution in [2.75, 3.05) is 7.11 Å². The van der Waals surface area contributed by atoms with Gasteiger partial charge in [0, 0.05) is 12.1 Å². The number of hydrogen-bond donors (Lipinski definition) is 1. The molecular formula is C18H22N4O6. The fourth-order valence-corrected chi connectivity index (χ4v) is 2.69. The highest BCUT2D eigenvalue weighted by atomic mass is 16.6. The maximum Gasteiger partial charge on any atom is 0.328 e. The summed E-state index contributed by atoms with van der Waals surface area (Å²) >= 11 is 0. The van der Waals surface area contributed by atoms with E-state index in [1.54, 1.807) is 6.07 Å². The zero-order valence-corrected chi connectivity index (χ0v) is 16.1. The monoisotopic (exact) mass is 390 g/mol. The molecule has 0 bridgehead atoms. The van der Waals surface area contributed by atoms with Gasteiger partial charge in [-0.15, -0.1) is 0 Å². The summed E-state index contributed by atoms with van der Waals surface area (Å²) in [5, 5.41) is 17.7. The van der Waals surface area contributed by atoms with Crippen LogP contribution >= 0.6 is 0 Å². The number of rotatable bonds is 8. The van der Waals surface area contributed by atoms with E-state index in [9.17, 15) is 19.7 Å². The third-order valence-corrected chi connectivity index (χ3v) is 4.13. The molecule has 1 atom stereocenters. The first-order chi connectivity index (χ1) is 13.2. The minimum Gasteiger partial charge on any atom is -0.496 e. The lowest BCUT2D eigenvalue weighted by Crippen LogP contribution is -2.36. The fourth-order valence-electron chi connectivity index (χ4n) is 2.69. The lowest BCUT2D eigenvalue weighted by molar-refractivity contribution is -0.386. The Morgan fingerprint density at radius 2 is 2.00 bits per heavy atom. The molecule has 0 saturated carbocycles. The van der Waals surface area contributed by atoms with Crippen molar-refractivity contribution in [3.05, 3.63) is 51.3 Å². The van der Waals surface area contributed by atoms with Gasteiger partial charge in [-0.3, -0.25) is 24.4 Å². The number of methoxy groups -OCH3 is 1. The minimum absolute atomic E-state index is 0.143. The van der Waals surface area contributed by atoms with Crippen LogP contribution in [0.3, 0.4) is 0 Å². The Bertz CT molecular complexity index is 892. The van der Waals surface area contributed by atoms with Gasteiger partial charge in [-0.25, -0.2) is 0 Å². The van der Waals surface area contributed by atoms with Crippen molar-refractivity contribution in [1.29, 1.82) is 0 Å². The number of aryl methyl sites for hydroxylation is 1. The molecule has 150 valence electrons. The van der Waals surface area contributed by atoms with Crippen molar-refractivity contribution < 1.29 is 24.0 Å². The van der Waals surface area contributed by atoms with Crippen LogP contribution in [-0.2, 0) is 27.4 Å². The van der Waals surface area contributed by atoms with E-state index in [1.165, 1.54) is 32.6 Å². The molecule has 0 radical (unpaired) electrons. The van der Waals surface area contributed by atoms with Gasteiger partial charge in [-0.05, 0) is 26.8 Å². The summed E-state index contributed by atoms with van der Waals surface area (Å²) in [6.07, 6.45) is -1.03.